The van der Waals surface area contributed by atoms with E-state index < -0.39 is 16.2 Å². The largest absolute Gasteiger partial charge is 1.00 e. The normalized spacial score (nSPS) is 18.8. The summed E-state index contributed by atoms with van der Waals surface area (Å²) in [6, 6.07) is 0. The van der Waals surface area contributed by atoms with E-state index in [0.717, 1.165) is 6.08 Å². The summed E-state index contributed by atoms with van der Waals surface area (Å²) in [7, 11) is -3.85. The van der Waals surface area contributed by atoms with Crippen molar-refractivity contribution in [2.24, 2.45) is 0 Å². The second-order valence-corrected chi connectivity index (χ2v) is 3.04. The summed E-state index contributed by atoms with van der Waals surface area (Å²) in [5, 5.41) is 0. The SMILES string of the molecule is CC1=CC(=O)NS(=O)(=O)O1.N.[Na+]. The molecule has 0 aliphatic carbocycles. The summed E-state index contributed by atoms with van der Waals surface area (Å²) < 4.78 is 26.8. The van der Waals surface area contributed by atoms with E-state index >= 15 is 0 Å². The molecule has 0 saturated carbocycles. The van der Waals surface area contributed by atoms with E-state index in [2.05, 4.69) is 4.18 Å². The molecule has 12 heavy (non-hydrogen) atoms. The monoisotopic (exact) mass is 203 g/mol. The average Bonchev–Trinajstić information content (AvgIpc) is 1.54. The number of carbonyl (C=O) groups excluding carboxylic acids is 1. The van der Waals surface area contributed by atoms with Gasteiger partial charge in [-0.1, -0.05) is 0 Å². The summed E-state index contributed by atoms with van der Waals surface area (Å²) in [5.74, 6) is -0.604. The molecule has 0 aromatic carbocycles. The van der Waals surface area contributed by atoms with Crippen LogP contribution in [0.25, 0.3) is 0 Å². The smallest absolute Gasteiger partial charge is 0.371 e. The fourth-order valence-corrected chi connectivity index (χ4v) is 1.30. The van der Waals surface area contributed by atoms with Crippen LogP contribution in [0.4, 0.5) is 0 Å². The zero-order valence-corrected chi connectivity index (χ0v) is 9.64. The third-order valence-corrected chi connectivity index (χ3v) is 1.73. The van der Waals surface area contributed by atoms with Crippen LogP contribution >= 0.6 is 0 Å². The standard InChI is InChI=1S/C4H5NO4S.H3N.Na/c1-3-2-4(6)5-10(7,8)9-3;;/h2H,1H3,(H,5,6);1H3;/q;;+1. The van der Waals surface area contributed by atoms with Gasteiger partial charge in [0, 0.05) is 6.08 Å². The van der Waals surface area contributed by atoms with Gasteiger partial charge >= 0.3 is 39.9 Å². The van der Waals surface area contributed by atoms with E-state index in [1.807, 2.05) is 0 Å². The first kappa shape index (κ1) is 14.4. The molecule has 1 heterocycles. The zero-order chi connectivity index (χ0) is 7.78. The van der Waals surface area contributed by atoms with E-state index in [4.69, 9.17) is 0 Å². The maximum absolute atomic E-state index is 10.5. The molecule has 64 valence electrons. The van der Waals surface area contributed by atoms with E-state index in [0.29, 0.717) is 0 Å². The number of carbonyl (C=O) groups is 1. The summed E-state index contributed by atoms with van der Waals surface area (Å²) in [6.45, 7) is 1.39. The second-order valence-electron chi connectivity index (χ2n) is 1.76. The summed E-state index contributed by atoms with van der Waals surface area (Å²) in [6.07, 6.45) is 1.06. The molecule has 0 atom stereocenters. The van der Waals surface area contributed by atoms with Gasteiger partial charge in [-0.05, 0) is 6.92 Å². The van der Waals surface area contributed by atoms with Gasteiger partial charge in [0.1, 0.15) is 5.76 Å². The summed E-state index contributed by atoms with van der Waals surface area (Å²) in [4.78, 5) is 10.4. The molecule has 6 nitrogen and oxygen atoms in total. The second kappa shape index (κ2) is 4.83. The number of nitrogens with one attached hydrogen (secondary N) is 1. The van der Waals surface area contributed by atoms with Gasteiger partial charge in [0.15, 0.2) is 0 Å². The van der Waals surface area contributed by atoms with Gasteiger partial charge in [-0.2, -0.15) is 8.42 Å². The van der Waals surface area contributed by atoms with Crippen LogP contribution in [0.3, 0.4) is 0 Å². The van der Waals surface area contributed by atoms with Crippen molar-refractivity contribution < 1.29 is 47.0 Å². The van der Waals surface area contributed by atoms with Gasteiger partial charge in [0.05, 0.1) is 0 Å². The van der Waals surface area contributed by atoms with Crippen LogP contribution in [0.1, 0.15) is 6.92 Å². The van der Waals surface area contributed by atoms with Gasteiger partial charge in [-0.25, -0.2) is 4.72 Å². The van der Waals surface area contributed by atoms with E-state index in [-0.39, 0.29) is 41.5 Å². The molecule has 0 aromatic rings. The fourth-order valence-electron chi connectivity index (χ4n) is 0.555. The molecule has 0 spiro atoms. The van der Waals surface area contributed by atoms with Crippen LogP contribution in [0.2, 0.25) is 0 Å². The van der Waals surface area contributed by atoms with Crippen molar-refractivity contribution in [3.63, 3.8) is 0 Å². The van der Waals surface area contributed by atoms with Crippen LogP contribution in [-0.2, 0) is 19.3 Å². The summed E-state index contributed by atoms with van der Waals surface area (Å²) in [5.41, 5.74) is 0. The minimum atomic E-state index is -3.85. The molecule has 0 aromatic heterocycles. The first-order valence-corrected chi connectivity index (χ1v) is 3.85. The fraction of sp³-hybridized carbons (Fsp3) is 0.250. The predicted molar refractivity (Wildman–Crippen MR) is 36.9 cm³/mol. The Morgan fingerprint density at radius 2 is 2.00 bits per heavy atom. The van der Waals surface area contributed by atoms with Crippen molar-refractivity contribution in [1.29, 1.82) is 0 Å². The maximum Gasteiger partial charge on any atom is 1.00 e. The van der Waals surface area contributed by atoms with E-state index in [1.54, 1.807) is 4.72 Å². The van der Waals surface area contributed by atoms with Crippen molar-refractivity contribution in [1.82, 2.24) is 10.9 Å². The van der Waals surface area contributed by atoms with Crippen LogP contribution in [0, 0.1) is 0 Å². The number of rotatable bonds is 0. The zero-order valence-electron chi connectivity index (χ0n) is 6.83. The van der Waals surface area contributed by atoms with Gasteiger partial charge in [-0.15, -0.1) is 0 Å². The number of hydrogen-bond acceptors (Lipinski definition) is 5. The van der Waals surface area contributed by atoms with Gasteiger partial charge < -0.3 is 10.3 Å². The van der Waals surface area contributed by atoms with Crippen molar-refractivity contribution in [3.05, 3.63) is 11.8 Å². The Morgan fingerprint density at radius 3 is 2.33 bits per heavy atom. The molecule has 0 radical (unpaired) electrons. The molecule has 1 amide bonds. The molecular weight excluding hydrogens is 195 g/mol. The Balaban J connectivity index is 0. The third kappa shape index (κ3) is 4.07. The van der Waals surface area contributed by atoms with Crippen molar-refractivity contribution >= 4 is 16.2 Å². The molecule has 0 bridgehead atoms. The molecule has 8 heteroatoms. The van der Waals surface area contributed by atoms with Crippen LogP contribution in [0.5, 0.6) is 0 Å². The maximum atomic E-state index is 10.5. The number of amides is 1. The first-order chi connectivity index (χ1) is 4.49. The predicted octanol–water partition coefficient (Wildman–Crippen LogP) is -3.55. The Kier molecular flexibility index (Phi) is 5.81. The quantitative estimate of drug-likeness (QED) is 0.396. The number of hydrogen-bond donors (Lipinski definition) is 2. The van der Waals surface area contributed by atoms with Crippen LogP contribution < -0.4 is 40.4 Å². The van der Waals surface area contributed by atoms with Gasteiger partial charge in [0.2, 0.25) is 0 Å². The Morgan fingerprint density at radius 1 is 1.50 bits per heavy atom. The minimum Gasteiger partial charge on any atom is -0.371 e. The minimum absolute atomic E-state index is 0. The molecular formula is C4H8N2NaO4S+. The topological polar surface area (TPSA) is 107 Å². The Bertz CT molecular complexity index is 296. The van der Waals surface area contributed by atoms with Crippen molar-refractivity contribution in [2.45, 2.75) is 6.92 Å². The van der Waals surface area contributed by atoms with Gasteiger partial charge in [-0.3, -0.25) is 4.79 Å². The molecule has 0 saturated heterocycles. The molecule has 1 rings (SSSR count). The van der Waals surface area contributed by atoms with E-state index in [1.165, 1.54) is 6.92 Å². The summed E-state index contributed by atoms with van der Waals surface area (Å²) >= 11 is 0. The number of allylic oxidation sites excluding steroid dienone is 1. The van der Waals surface area contributed by atoms with Crippen LogP contribution in [-0.4, -0.2) is 14.3 Å². The third-order valence-electron chi connectivity index (χ3n) is 0.801. The Labute approximate surface area is 92.5 Å². The molecule has 0 fully saturated rings. The van der Waals surface area contributed by atoms with Crippen molar-refractivity contribution in [3.8, 4) is 0 Å². The molecule has 4 N–H and O–H groups in total. The Hall–Kier alpha value is -0.0800. The molecule has 1 aliphatic rings. The van der Waals surface area contributed by atoms with Crippen molar-refractivity contribution in [2.75, 3.05) is 0 Å². The first-order valence-electron chi connectivity index (χ1n) is 2.44. The van der Waals surface area contributed by atoms with Gasteiger partial charge in [0.25, 0.3) is 5.91 Å². The average molecular weight is 203 g/mol. The van der Waals surface area contributed by atoms with E-state index in [9.17, 15) is 13.2 Å². The molecule has 1 aliphatic heterocycles. The molecule has 0 unspecified atom stereocenters. The van der Waals surface area contributed by atoms with Crippen LogP contribution in [0.15, 0.2) is 11.8 Å².